The molecule has 0 amide bonds. The predicted molar refractivity (Wildman–Crippen MR) is 73.4 cm³/mol. The summed E-state index contributed by atoms with van der Waals surface area (Å²) in [6.07, 6.45) is 0. The summed E-state index contributed by atoms with van der Waals surface area (Å²) in [7, 11) is 0. The number of benzene rings is 1. The van der Waals surface area contributed by atoms with Gasteiger partial charge in [-0.3, -0.25) is 4.79 Å². The number of carbonyl (C=O) groups is 1. The van der Waals surface area contributed by atoms with Crippen LogP contribution >= 0.6 is 22.6 Å². The fourth-order valence-corrected chi connectivity index (χ4v) is 1.78. The first kappa shape index (κ1) is 13.3. The lowest BCUT2D eigenvalue weighted by Gasteiger charge is -2.12. The third-order valence-corrected chi connectivity index (χ3v) is 2.80. The van der Waals surface area contributed by atoms with Gasteiger partial charge in [-0.05, 0) is 47.7 Å². The molecule has 0 aliphatic carbocycles. The minimum atomic E-state index is -0.152. The molecule has 0 aromatic heterocycles. The fraction of sp³-hybridized carbons (Fsp3) is 0.417. The Bertz CT molecular complexity index is 355. The maximum absolute atomic E-state index is 11.4. The van der Waals surface area contributed by atoms with Gasteiger partial charge >= 0.3 is 5.97 Å². The van der Waals surface area contributed by atoms with Gasteiger partial charge in [0.2, 0.25) is 0 Å². The van der Waals surface area contributed by atoms with Crippen molar-refractivity contribution in [2.75, 3.05) is 18.5 Å². The lowest BCUT2D eigenvalue weighted by molar-refractivity contribution is -0.146. The van der Waals surface area contributed by atoms with Crippen LogP contribution in [0.5, 0.6) is 0 Å². The average molecular weight is 333 g/mol. The summed E-state index contributed by atoms with van der Waals surface area (Å²) in [6, 6.07) is 8.04. The smallest absolute Gasteiger partial charge is 0.310 e. The number of rotatable bonds is 5. The van der Waals surface area contributed by atoms with Crippen LogP contribution in [0.1, 0.15) is 13.8 Å². The Morgan fingerprint density at radius 3 is 2.94 bits per heavy atom. The highest BCUT2D eigenvalue weighted by Gasteiger charge is 2.13. The van der Waals surface area contributed by atoms with E-state index in [1.807, 2.05) is 38.1 Å². The van der Waals surface area contributed by atoms with E-state index < -0.39 is 0 Å². The molecule has 1 rings (SSSR count). The van der Waals surface area contributed by atoms with Gasteiger partial charge in [-0.15, -0.1) is 0 Å². The summed E-state index contributed by atoms with van der Waals surface area (Å²) in [6.45, 7) is 4.71. The van der Waals surface area contributed by atoms with E-state index in [2.05, 4.69) is 27.9 Å². The lowest BCUT2D eigenvalue weighted by atomic mass is 10.2. The SMILES string of the molecule is CCOC(=O)C(C)CNc1cccc(I)c1. The van der Waals surface area contributed by atoms with E-state index in [4.69, 9.17) is 4.74 Å². The van der Waals surface area contributed by atoms with Crippen LogP contribution in [-0.2, 0) is 9.53 Å². The summed E-state index contributed by atoms with van der Waals surface area (Å²) in [5.41, 5.74) is 1.03. The predicted octanol–water partition coefficient (Wildman–Crippen LogP) is 2.90. The monoisotopic (exact) mass is 333 g/mol. The lowest BCUT2D eigenvalue weighted by Crippen LogP contribution is -2.22. The van der Waals surface area contributed by atoms with Crippen molar-refractivity contribution in [2.45, 2.75) is 13.8 Å². The van der Waals surface area contributed by atoms with Crippen LogP contribution in [0.2, 0.25) is 0 Å². The molecule has 0 spiro atoms. The summed E-state index contributed by atoms with van der Waals surface area (Å²) in [5, 5.41) is 3.22. The van der Waals surface area contributed by atoms with Crippen molar-refractivity contribution >= 4 is 34.2 Å². The van der Waals surface area contributed by atoms with Crippen LogP contribution < -0.4 is 5.32 Å². The number of ether oxygens (including phenoxy) is 1. The summed E-state index contributed by atoms with van der Waals surface area (Å²) in [5.74, 6) is -0.279. The first-order chi connectivity index (χ1) is 7.63. The molecule has 1 aromatic carbocycles. The number of carbonyl (C=O) groups excluding carboxylic acids is 1. The quantitative estimate of drug-likeness (QED) is 0.665. The van der Waals surface area contributed by atoms with Crippen LogP contribution in [0.15, 0.2) is 24.3 Å². The first-order valence-corrected chi connectivity index (χ1v) is 6.37. The molecule has 16 heavy (non-hydrogen) atoms. The minimum absolute atomic E-state index is 0.127. The zero-order valence-electron chi connectivity index (χ0n) is 9.50. The third-order valence-electron chi connectivity index (χ3n) is 2.13. The van der Waals surface area contributed by atoms with Gasteiger partial charge < -0.3 is 10.1 Å². The van der Waals surface area contributed by atoms with Crippen LogP contribution in [-0.4, -0.2) is 19.1 Å². The Morgan fingerprint density at radius 2 is 2.31 bits per heavy atom. The van der Waals surface area contributed by atoms with Gasteiger partial charge in [-0.1, -0.05) is 13.0 Å². The van der Waals surface area contributed by atoms with Crippen molar-refractivity contribution in [2.24, 2.45) is 5.92 Å². The second-order valence-corrected chi connectivity index (χ2v) is 4.79. The molecular formula is C12H16INO2. The molecule has 0 saturated heterocycles. The van der Waals surface area contributed by atoms with Crippen molar-refractivity contribution in [1.82, 2.24) is 0 Å². The van der Waals surface area contributed by atoms with Gasteiger partial charge in [-0.25, -0.2) is 0 Å². The van der Waals surface area contributed by atoms with Crippen LogP contribution in [0.4, 0.5) is 5.69 Å². The van der Waals surface area contributed by atoms with Crippen molar-refractivity contribution in [3.8, 4) is 0 Å². The molecule has 4 heteroatoms. The fourth-order valence-electron chi connectivity index (χ4n) is 1.24. The Labute approximate surface area is 110 Å². The van der Waals surface area contributed by atoms with Crippen LogP contribution in [0.3, 0.4) is 0 Å². The highest BCUT2D eigenvalue weighted by molar-refractivity contribution is 14.1. The van der Waals surface area contributed by atoms with Gasteiger partial charge in [0.15, 0.2) is 0 Å². The summed E-state index contributed by atoms with van der Waals surface area (Å²) in [4.78, 5) is 11.4. The van der Waals surface area contributed by atoms with Gasteiger partial charge in [0.1, 0.15) is 0 Å². The van der Waals surface area contributed by atoms with Gasteiger partial charge in [0.05, 0.1) is 12.5 Å². The normalized spacial score (nSPS) is 11.9. The van der Waals surface area contributed by atoms with E-state index in [1.54, 1.807) is 0 Å². The van der Waals surface area contributed by atoms with Crippen LogP contribution in [0.25, 0.3) is 0 Å². The first-order valence-electron chi connectivity index (χ1n) is 5.29. The van der Waals surface area contributed by atoms with Crippen molar-refractivity contribution in [3.63, 3.8) is 0 Å². The van der Waals surface area contributed by atoms with E-state index in [-0.39, 0.29) is 11.9 Å². The van der Waals surface area contributed by atoms with Gasteiger partial charge in [0, 0.05) is 15.8 Å². The zero-order valence-corrected chi connectivity index (χ0v) is 11.7. The number of nitrogens with one attached hydrogen (secondary N) is 1. The summed E-state index contributed by atoms with van der Waals surface area (Å²) >= 11 is 2.26. The largest absolute Gasteiger partial charge is 0.466 e. The van der Waals surface area contributed by atoms with Crippen molar-refractivity contribution in [1.29, 1.82) is 0 Å². The van der Waals surface area contributed by atoms with E-state index in [0.29, 0.717) is 13.2 Å². The van der Waals surface area contributed by atoms with Crippen molar-refractivity contribution < 1.29 is 9.53 Å². The number of halogens is 1. The zero-order chi connectivity index (χ0) is 12.0. The number of anilines is 1. The molecule has 1 aromatic rings. The third kappa shape index (κ3) is 4.38. The highest BCUT2D eigenvalue weighted by atomic mass is 127. The Morgan fingerprint density at radius 1 is 1.56 bits per heavy atom. The molecule has 3 nitrogen and oxygen atoms in total. The number of hydrogen-bond donors (Lipinski definition) is 1. The Balaban J connectivity index is 2.42. The van der Waals surface area contributed by atoms with E-state index >= 15 is 0 Å². The maximum Gasteiger partial charge on any atom is 0.310 e. The molecule has 0 fully saturated rings. The molecule has 0 aliphatic rings. The molecule has 0 radical (unpaired) electrons. The van der Waals surface area contributed by atoms with Crippen molar-refractivity contribution in [3.05, 3.63) is 27.8 Å². The molecule has 0 bridgehead atoms. The molecule has 0 aliphatic heterocycles. The molecule has 1 unspecified atom stereocenters. The second kappa shape index (κ2) is 6.73. The molecule has 0 heterocycles. The highest BCUT2D eigenvalue weighted by Crippen LogP contribution is 2.13. The topological polar surface area (TPSA) is 38.3 Å². The summed E-state index contributed by atoms with van der Waals surface area (Å²) < 4.78 is 6.11. The Hall–Kier alpha value is -0.780. The Kier molecular flexibility index (Phi) is 5.59. The van der Waals surface area contributed by atoms with Crippen LogP contribution in [0, 0.1) is 9.49 Å². The van der Waals surface area contributed by atoms with E-state index in [0.717, 1.165) is 5.69 Å². The molecule has 0 saturated carbocycles. The molecular weight excluding hydrogens is 317 g/mol. The number of hydrogen-bond acceptors (Lipinski definition) is 3. The van der Waals surface area contributed by atoms with E-state index in [9.17, 15) is 4.79 Å². The van der Waals surface area contributed by atoms with Gasteiger partial charge in [0.25, 0.3) is 0 Å². The number of esters is 1. The molecule has 1 atom stereocenters. The van der Waals surface area contributed by atoms with E-state index in [1.165, 1.54) is 3.57 Å². The standard InChI is InChI=1S/C12H16INO2/c1-3-16-12(15)9(2)8-14-11-6-4-5-10(13)7-11/h4-7,9,14H,3,8H2,1-2H3. The molecule has 88 valence electrons. The maximum atomic E-state index is 11.4. The second-order valence-electron chi connectivity index (χ2n) is 3.54. The van der Waals surface area contributed by atoms with Gasteiger partial charge in [-0.2, -0.15) is 0 Å². The minimum Gasteiger partial charge on any atom is -0.466 e. The average Bonchev–Trinajstić information content (AvgIpc) is 2.26. The molecule has 1 N–H and O–H groups in total.